The monoisotopic (exact) mass is 197 g/mol. The van der Waals surface area contributed by atoms with Crippen LogP contribution in [0.1, 0.15) is 30.5 Å². The number of halogens is 1. The smallest absolute Gasteiger partial charge is 0.0467 e. The predicted octanol–water partition coefficient (Wildman–Crippen LogP) is 3.15. The maximum Gasteiger partial charge on any atom is 0.0467 e. The van der Waals surface area contributed by atoms with Gasteiger partial charge in [-0.25, -0.2) is 0 Å². The third-order valence-electron chi connectivity index (χ3n) is 2.27. The van der Waals surface area contributed by atoms with Crippen LogP contribution >= 0.6 is 11.6 Å². The molecule has 0 aliphatic carbocycles. The highest BCUT2D eigenvalue weighted by Gasteiger charge is 2.18. The first-order valence-corrected chi connectivity index (χ1v) is 4.77. The fourth-order valence-electron chi connectivity index (χ4n) is 1.52. The lowest BCUT2D eigenvalue weighted by Gasteiger charge is -2.22. The second-order valence-corrected chi connectivity index (χ2v) is 4.47. The van der Waals surface area contributed by atoms with Crippen LogP contribution in [0.2, 0.25) is 5.02 Å². The Morgan fingerprint density at radius 1 is 1.23 bits per heavy atom. The number of rotatable bonds is 1. The summed E-state index contributed by atoms with van der Waals surface area (Å²) in [6, 6.07) is 4.07. The van der Waals surface area contributed by atoms with E-state index in [-0.39, 0.29) is 5.54 Å². The van der Waals surface area contributed by atoms with E-state index in [0.717, 1.165) is 21.7 Å². The molecule has 0 radical (unpaired) electrons. The van der Waals surface area contributed by atoms with Crippen molar-refractivity contribution in [2.24, 2.45) is 5.73 Å². The zero-order valence-electron chi connectivity index (χ0n) is 8.61. The average Bonchev–Trinajstić information content (AvgIpc) is 1.98. The van der Waals surface area contributed by atoms with E-state index >= 15 is 0 Å². The quantitative estimate of drug-likeness (QED) is 0.736. The maximum atomic E-state index is 6.13. The summed E-state index contributed by atoms with van der Waals surface area (Å²) in [7, 11) is 0. The normalized spacial score (nSPS) is 11.8. The summed E-state index contributed by atoms with van der Waals surface area (Å²) < 4.78 is 0. The first kappa shape index (κ1) is 10.6. The van der Waals surface area contributed by atoms with Gasteiger partial charge in [0.05, 0.1) is 0 Å². The van der Waals surface area contributed by atoms with Crippen molar-refractivity contribution >= 4 is 11.6 Å². The van der Waals surface area contributed by atoms with E-state index in [1.807, 2.05) is 33.8 Å². The third-order valence-corrected chi connectivity index (χ3v) is 2.86. The Labute approximate surface area is 84.9 Å². The van der Waals surface area contributed by atoms with Crippen LogP contribution in [0, 0.1) is 13.8 Å². The number of aryl methyl sites for hydroxylation is 1. The van der Waals surface area contributed by atoms with E-state index in [1.54, 1.807) is 0 Å². The Morgan fingerprint density at radius 3 is 2.23 bits per heavy atom. The van der Waals surface area contributed by atoms with Gasteiger partial charge in [-0.2, -0.15) is 0 Å². The zero-order valence-corrected chi connectivity index (χ0v) is 9.37. The van der Waals surface area contributed by atoms with Crippen LogP contribution in [0.3, 0.4) is 0 Å². The Morgan fingerprint density at radius 2 is 1.77 bits per heavy atom. The van der Waals surface area contributed by atoms with Gasteiger partial charge in [0.1, 0.15) is 0 Å². The van der Waals surface area contributed by atoms with Gasteiger partial charge < -0.3 is 5.73 Å². The Kier molecular flexibility index (Phi) is 2.69. The topological polar surface area (TPSA) is 26.0 Å². The number of nitrogens with two attached hydrogens (primary N) is 1. The van der Waals surface area contributed by atoms with Crippen molar-refractivity contribution < 1.29 is 0 Å². The Balaban J connectivity index is 3.35. The summed E-state index contributed by atoms with van der Waals surface area (Å²) in [6.45, 7) is 7.99. The van der Waals surface area contributed by atoms with Gasteiger partial charge in [-0.05, 0) is 44.4 Å². The highest BCUT2D eigenvalue weighted by Crippen LogP contribution is 2.28. The van der Waals surface area contributed by atoms with Crippen LogP contribution < -0.4 is 5.73 Å². The molecule has 0 spiro atoms. The third kappa shape index (κ3) is 2.04. The molecule has 2 N–H and O–H groups in total. The molecular weight excluding hydrogens is 182 g/mol. The van der Waals surface area contributed by atoms with Crippen LogP contribution in [0.25, 0.3) is 0 Å². The zero-order chi connectivity index (χ0) is 10.2. The summed E-state index contributed by atoms with van der Waals surface area (Å²) in [4.78, 5) is 0. The summed E-state index contributed by atoms with van der Waals surface area (Å²) in [6.07, 6.45) is 0. The van der Waals surface area contributed by atoms with Crippen molar-refractivity contribution in [3.8, 4) is 0 Å². The predicted molar refractivity (Wildman–Crippen MR) is 58.1 cm³/mol. The lowest BCUT2D eigenvalue weighted by Crippen LogP contribution is -2.29. The first-order chi connectivity index (χ1) is 5.84. The Bertz CT molecular complexity index is 324. The molecule has 0 atom stereocenters. The van der Waals surface area contributed by atoms with Gasteiger partial charge >= 0.3 is 0 Å². The minimum Gasteiger partial charge on any atom is -0.322 e. The van der Waals surface area contributed by atoms with E-state index < -0.39 is 0 Å². The number of benzene rings is 1. The lowest BCUT2D eigenvalue weighted by atomic mass is 9.90. The van der Waals surface area contributed by atoms with E-state index in [9.17, 15) is 0 Å². The van der Waals surface area contributed by atoms with Gasteiger partial charge in [-0.3, -0.25) is 0 Å². The van der Waals surface area contributed by atoms with Crippen molar-refractivity contribution in [1.29, 1.82) is 0 Å². The fourth-order valence-corrected chi connectivity index (χ4v) is 1.68. The van der Waals surface area contributed by atoms with Crippen LogP contribution in [0.15, 0.2) is 12.1 Å². The van der Waals surface area contributed by atoms with Gasteiger partial charge in [0.2, 0.25) is 0 Å². The molecule has 0 aliphatic rings. The molecule has 0 amide bonds. The van der Waals surface area contributed by atoms with Gasteiger partial charge in [0, 0.05) is 10.6 Å². The summed E-state index contributed by atoms with van der Waals surface area (Å²) >= 11 is 6.13. The van der Waals surface area contributed by atoms with E-state index in [1.165, 1.54) is 0 Å². The standard InChI is InChI=1S/C11H16ClN/c1-7-5-6-9(11(3,4)13)8(2)10(7)12/h5-6H,13H2,1-4H3. The molecule has 0 fully saturated rings. The van der Waals surface area contributed by atoms with Gasteiger partial charge in [0.15, 0.2) is 0 Å². The SMILES string of the molecule is Cc1ccc(C(C)(C)N)c(C)c1Cl. The summed E-state index contributed by atoms with van der Waals surface area (Å²) in [5.74, 6) is 0. The minimum atomic E-state index is -0.318. The molecule has 1 rings (SSSR count). The van der Waals surface area contributed by atoms with Gasteiger partial charge in [-0.15, -0.1) is 0 Å². The molecule has 0 heterocycles. The number of hydrogen-bond donors (Lipinski definition) is 1. The second kappa shape index (κ2) is 3.32. The molecule has 2 heteroatoms. The van der Waals surface area contributed by atoms with E-state index in [4.69, 9.17) is 17.3 Å². The van der Waals surface area contributed by atoms with Gasteiger partial charge in [0.25, 0.3) is 0 Å². The molecule has 72 valence electrons. The van der Waals surface area contributed by atoms with Crippen LogP contribution in [0.4, 0.5) is 0 Å². The molecule has 0 saturated heterocycles. The highest BCUT2D eigenvalue weighted by molar-refractivity contribution is 6.32. The van der Waals surface area contributed by atoms with Crippen molar-refractivity contribution in [3.63, 3.8) is 0 Å². The Hall–Kier alpha value is -0.530. The second-order valence-electron chi connectivity index (χ2n) is 4.09. The average molecular weight is 198 g/mol. The maximum absolute atomic E-state index is 6.13. The lowest BCUT2D eigenvalue weighted by molar-refractivity contribution is 0.551. The highest BCUT2D eigenvalue weighted by atomic mass is 35.5. The molecular formula is C11H16ClN. The number of hydrogen-bond acceptors (Lipinski definition) is 1. The molecule has 1 nitrogen and oxygen atoms in total. The fraction of sp³-hybridized carbons (Fsp3) is 0.455. The van der Waals surface area contributed by atoms with Crippen molar-refractivity contribution in [2.45, 2.75) is 33.2 Å². The molecule has 1 aromatic rings. The van der Waals surface area contributed by atoms with Crippen LogP contribution in [0.5, 0.6) is 0 Å². The van der Waals surface area contributed by atoms with Crippen LogP contribution in [-0.4, -0.2) is 0 Å². The van der Waals surface area contributed by atoms with Crippen molar-refractivity contribution in [3.05, 3.63) is 33.8 Å². The molecule has 0 unspecified atom stereocenters. The largest absolute Gasteiger partial charge is 0.322 e. The van der Waals surface area contributed by atoms with E-state index in [2.05, 4.69) is 6.07 Å². The molecule has 0 aromatic heterocycles. The van der Waals surface area contributed by atoms with Gasteiger partial charge in [-0.1, -0.05) is 23.7 Å². The molecule has 0 aliphatic heterocycles. The van der Waals surface area contributed by atoms with E-state index in [0.29, 0.717) is 0 Å². The minimum absolute atomic E-state index is 0.318. The van der Waals surface area contributed by atoms with Crippen molar-refractivity contribution in [1.82, 2.24) is 0 Å². The summed E-state index contributed by atoms with van der Waals surface area (Å²) in [5, 5.41) is 0.830. The first-order valence-electron chi connectivity index (χ1n) is 4.39. The molecule has 0 saturated carbocycles. The molecule has 13 heavy (non-hydrogen) atoms. The summed E-state index contributed by atoms with van der Waals surface area (Å²) in [5.41, 5.74) is 9.01. The van der Waals surface area contributed by atoms with Crippen molar-refractivity contribution in [2.75, 3.05) is 0 Å². The molecule has 0 bridgehead atoms. The molecule has 1 aromatic carbocycles. The van der Waals surface area contributed by atoms with Crippen LogP contribution in [-0.2, 0) is 5.54 Å².